The lowest BCUT2D eigenvalue weighted by Gasteiger charge is -2.22. The van der Waals surface area contributed by atoms with E-state index >= 15 is 0 Å². The van der Waals surface area contributed by atoms with Crippen LogP contribution in [0, 0.1) is 5.92 Å². The van der Waals surface area contributed by atoms with E-state index in [1.54, 1.807) is 6.92 Å². The summed E-state index contributed by atoms with van der Waals surface area (Å²) in [5, 5.41) is 6.54. The Bertz CT molecular complexity index is 525. The third kappa shape index (κ3) is 2.19. The molecule has 6 nitrogen and oxygen atoms in total. The Balaban J connectivity index is 1.73. The van der Waals surface area contributed by atoms with Gasteiger partial charge >= 0.3 is 5.97 Å². The largest absolute Gasteiger partial charge is 0.461 e. The third-order valence-electron chi connectivity index (χ3n) is 4.31. The maximum atomic E-state index is 12.5. The zero-order chi connectivity index (χ0) is 14.1. The van der Waals surface area contributed by atoms with Gasteiger partial charge in [0.2, 0.25) is 0 Å². The summed E-state index contributed by atoms with van der Waals surface area (Å²) in [5.41, 5.74) is 0.540. The highest BCUT2D eigenvalue weighted by molar-refractivity contribution is 5.96. The van der Waals surface area contributed by atoms with Crippen LogP contribution in [0.25, 0.3) is 0 Å². The molecule has 2 unspecified atom stereocenters. The van der Waals surface area contributed by atoms with Gasteiger partial charge in [-0.1, -0.05) is 6.42 Å². The molecule has 1 amide bonds. The van der Waals surface area contributed by atoms with Crippen LogP contribution in [0.3, 0.4) is 0 Å². The molecule has 6 heteroatoms. The number of rotatable bonds is 3. The van der Waals surface area contributed by atoms with Crippen LogP contribution in [-0.4, -0.2) is 46.2 Å². The summed E-state index contributed by atoms with van der Waals surface area (Å²) in [6.45, 7) is 2.84. The predicted octanol–water partition coefficient (Wildman–Crippen LogP) is 1.60. The van der Waals surface area contributed by atoms with Crippen molar-refractivity contribution in [1.29, 1.82) is 0 Å². The van der Waals surface area contributed by atoms with Gasteiger partial charge in [0.05, 0.1) is 6.61 Å². The molecule has 1 saturated carbocycles. The maximum absolute atomic E-state index is 12.5. The zero-order valence-electron chi connectivity index (χ0n) is 11.6. The minimum absolute atomic E-state index is 0.0776. The van der Waals surface area contributed by atoms with Gasteiger partial charge in [-0.3, -0.25) is 9.89 Å². The van der Waals surface area contributed by atoms with E-state index in [1.807, 2.05) is 4.90 Å². The number of hydrogen-bond donors (Lipinski definition) is 1. The fourth-order valence-electron chi connectivity index (χ4n) is 3.38. The molecule has 0 radical (unpaired) electrons. The number of carbonyl (C=O) groups is 2. The number of aromatic amines is 1. The summed E-state index contributed by atoms with van der Waals surface area (Å²) in [7, 11) is 0. The van der Waals surface area contributed by atoms with Crippen molar-refractivity contribution in [2.75, 3.05) is 13.2 Å². The first kappa shape index (κ1) is 13.1. The van der Waals surface area contributed by atoms with E-state index in [0.29, 0.717) is 24.3 Å². The number of nitrogens with zero attached hydrogens (tertiary/aromatic N) is 2. The Labute approximate surface area is 117 Å². The molecule has 2 aliphatic rings. The first-order valence-corrected chi connectivity index (χ1v) is 7.24. The number of carbonyl (C=O) groups excluding carboxylic acids is 2. The topological polar surface area (TPSA) is 75.3 Å². The highest BCUT2D eigenvalue weighted by atomic mass is 16.5. The van der Waals surface area contributed by atoms with Crippen LogP contribution in [0.2, 0.25) is 0 Å². The Hall–Kier alpha value is -1.85. The van der Waals surface area contributed by atoms with Crippen LogP contribution >= 0.6 is 0 Å². The van der Waals surface area contributed by atoms with Crippen molar-refractivity contribution in [1.82, 2.24) is 15.1 Å². The van der Waals surface area contributed by atoms with Gasteiger partial charge in [0.15, 0.2) is 5.69 Å². The molecule has 3 rings (SSSR count). The van der Waals surface area contributed by atoms with Crippen molar-refractivity contribution < 1.29 is 14.3 Å². The monoisotopic (exact) mass is 277 g/mol. The second-order valence-corrected chi connectivity index (χ2v) is 5.43. The molecule has 1 N–H and O–H groups in total. The quantitative estimate of drug-likeness (QED) is 0.851. The number of amides is 1. The fourth-order valence-corrected chi connectivity index (χ4v) is 3.38. The third-order valence-corrected chi connectivity index (χ3v) is 4.31. The minimum atomic E-state index is -0.473. The first-order chi connectivity index (χ1) is 9.70. The van der Waals surface area contributed by atoms with Crippen LogP contribution in [0.15, 0.2) is 6.07 Å². The van der Waals surface area contributed by atoms with Crippen molar-refractivity contribution in [3.63, 3.8) is 0 Å². The van der Waals surface area contributed by atoms with Crippen molar-refractivity contribution in [3.05, 3.63) is 17.5 Å². The average Bonchev–Trinajstić information content (AvgIpc) is 3.14. The fraction of sp³-hybridized carbons (Fsp3) is 0.643. The molecule has 20 heavy (non-hydrogen) atoms. The van der Waals surface area contributed by atoms with Crippen LogP contribution < -0.4 is 0 Å². The van der Waals surface area contributed by atoms with Crippen molar-refractivity contribution in [2.24, 2.45) is 5.92 Å². The van der Waals surface area contributed by atoms with Gasteiger partial charge in [0.1, 0.15) is 5.69 Å². The van der Waals surface area contributed by atoms with Crippen LogP contribution in [0.5, 0.6) is 0 Å². The lowest BCUT2D eigenvalue weighted by molar-refractivity contribution is 0.0519. The Morgan fingerprint density at radius 2 is 2.30 bits per heavy atom. The Morgan fingerprint density at radius 1 is 1.45 bits per heavy atom. The number of aromatic nitrogens is 2. The molecule has 0 spiro atoms. The molecule has 1 saturated heterocycles. The summed E-state index contributed by atoms with van der Waals surface area (Å²) >= 11 is 0. The molecule has 1 aromatic rings. The molecule has 2 atom stereocenters. The molecule has 0 aromatic carbocycles. The van der Waals surface area contributed by atoms with Crippen molar-refractivity contribution in [3.8, 4) is 0 Å². The summed E-state index contributed by atoms with van der Waals surface area (Å²) < 4.78 is 4.88. The maximum Gasteiger partial charge on any atom is 0.356 e. The van der Waals surface area contributed by atoms with Gasteiger partial charge in [-0.2, -0.15) is 5.10 Å². The standard InChI is InChI=1S/C14H19N3O3/c1-2-20-14(19)11-8-10(15-16-11)13(18)17-7-6-9-4-3-5-12(9)17/h8-9,12H,2-7H2,1H3,(H,15,16). The molecule has 2 heterocycles. The SMILES string of the molecule is CCOC(=O)c1cc(C(=O)N2CCC3CCCC32)n[nH]1. The van der Waals surface area contributed by atoms with Crippen LogP contribution in [-0.2, 0) is 4.74 Å². The van der Waals surface area contributed by atoms with Gasteiger partial charge in [0, 0.05) is 18.7 Å². The van der Waals surface area contributed by atoms with E-state index < -0.39 is 5.97 Å². The van der Waals surface area contributed by atoms with E-state index in [1.165, 1.54) is 18.9 Å². The second-order valence-electron chi connectivity index (χ2n) is 5.43. The summed E-state index contributed by atoms with van der Waals surface area (Å²) in [5.74, 6) is 0.104. The first-order valence-electron chi connectivity index (χ1n) is 7.24. The number of likely N-dealkylation sites (tertiary alicyclic amines) is 1. The normalized spacial score (nSPS) is 24.8. The number of hydrogen-bond acceptors (Lipinski definition) is 4. The predicted molar refractivity (Wildman–Crippen MR) is 71.3 cm³/mol. The molecule has 108 valence electrons. The van der Waals surface area contributed by atoms with Gasteiger partial charge in [0.25, 0.3) is 5.91 Å². The van der Waals surface area contributed by atoms with Gasteiger partial charge in [-0.05, 0) is 32.1 Å². The minimum Gasteiger partial charge on any atom is -0.461 e. The van der Waals surface area contributed by atoms with E-state index in [0.717, 1.165) is 19.4 Å². The number of nitrogens with one attached hydrogen (secondary N) is 1. The number of H-pyrrole nitrogens is 1. The number of ether oxygens (including phenoxy) is 1. The second kappa shape index (κ2) is 5.26. The van der Waals surface area contributed by atoms with Gasteiger partial charge in [-0.25, -0.2) is 4.79 Å². The summed E-state index contributed by atoms with van der Waals surface area (Å²) in [4.78, 5) is 26.0. The smallest absolute Gasteiger partial charge is 0.356 e. The highest BCUT2D eigenvalue weighted by Crippen LogP contribution is 2.38. The molecular formula is C14H19N3O3. The molecule has 1 aliphatic heterocycles. The molecule has 0 bridgehead atoms. The highest BCUT2D eigenvalue weighted by Gasteiger charge is 2.40. The Kier molecular flexibility index (Phi) is 3.46. The van der Waals surface area contributed by atoms with E-state index in [-0.39, 0.29) is 11.6 Å². The van der Waals surface area contributed by atoms with E-state index in [4.69, 9.17) is 4.74 Å². The molecule has 2 fully saturated rings. The van der Waals surface area contributed by atoms with E-state index in [2.05, 4.69) is 10.2 Å². The summed E-state index contributed by atoms with van der Waals surface area (Å²) in [6, 6.07) is 1.85. The lowest BCUT2D eigenvalue weighted by atomic mass is 10.0. The Morgan fingerprint density at radius 3 is 3.10 bits per heavy atom. The number of fused-ring (bicyclic) bond motifs is 1. The van der Waals surface area contributed by atoms with Gasteiger partial charge in [-0.15, -0.1) is 0 Å². The van der Waals surface area contributed by atoms with Crippen LogP contribution in [0.4, 0.5) is 0 Å². The summed E-state index contributed by atoms with van der Waals surface area (Å²) in [6.07, 6.45) is 4.61. The molecule has 1 aromatic heterocycles. The average molecular weight is 277 g/mol. The molecule has 1 aliphatic carbocycles. The number of esters is 1. The van der Waals surface area contributed by atoms with Crippen molar-refractivity contribution in [2.45, 2.75) is 38.6 Å². The van der Waals surface area contributed by atoms with Crippen molar-refractivity contribution >= 4 is 11.9 Å². The zero-order valence-corrected chi connectivity index (χ0v) is 11.6. The van der Waals surface area contributed by atoms with E-state index in [9.17, 15) is 9.59 Å². The lowest BCUT2D eigenvalue weighted by Crippen LogP contribution is -2.36. The molecular weight excluding hydrogens is 258 g/mol. The van der Waals surface area contributed by atoms with Gasteiger partial charge < -0.3 is 9.64 Å². The van der Waals surface area contributed by atoms with Crippen LogP contribution in [0.1, 0.15) is 53.6 Å².